The third-order valence-electron chi connectivity index (χ3n) is 2.79. The third-order valence-corrected chi connectivity index (χ3v) is 3.12. The van der Waals surface area contributed by atoms with Crippen LogP contribution < -0.4 is 5.32 Å². The molecule has 0 aliphatic rings. The Labute approximate surface area is 125 Å². The van der Waals surface area contributed by atoms with Crippen molar-refractivity contribution < 1.29 is 4.79 Å². The highest BCUT2D eigenvalue weighted by atomic mass is 35.5. The number of pyridine rings is 1. The topological polar surface area (TPSA) is 72.7 Å². The smallest absolute Gasteiger partial charge is 0.258 e. The van der Waals surface area contributed by atoms with Crippen molar-refractivity contribution >= 4 is 23.2 Å². The summed E-state index contributed by atoms with van der Waals surface area (Å²) in [4.78, 5) is 17.5. The number of benzene rings is 1. The second-order valence-electron chi connectivity index (χ2n) is 4.18. The van der Waals surface area contributed by atoms with Crippen molar-refractivity contribution in [3.63, 3.8) is 0 Å². The van der Waals surface area contributed by atoms with Gasteiger partial charge in [0.05, 0.1) is 28.7 Å². The van der Waals surface area contributed by atoms with Crippen LogP contribution in [0, 0.1) is 0 Å². The van der Waals surface area contributed by atoms with E-state index in [0.717, 1.165) is 5.69 Å². The molecule has 0 aliphatic carbocycles. The quantitative estimate of drug-likeness (QED) is 0.806. The summed E-state index contributed by atoms with van der Waals surface area (Å²) in [7, 11) is 0. The Kier molecular flexibility index (Phi) is 3.61. The van der Waals surface area contributed by atoms with Gasteiger partial charge >= 0.3 is 0 Å². The molecule has 1 N–H and O–H groups in total. The van der Waals surface area contributed by atoms with Gasteiger partial charge in [-0.3, -0.25) is 9.78 Å². The van der Waals surface area contributed by atoms with Crippen LogP contribution in [0.4, 0.5) is 5.69 Å². The van der Waals surface area contributed by atoms with E-state index in [1.807, 2.05) is 0 Å². The first kappa shape index (κ1) is 13.3. The van der Waals surface area contributed by atoms with Gasteiger partial charge in [-0.05, 0) is 30.3 Å². The molecule has 0 bridgehead atoms. The summed E-state index contributed by atoms with van der Waals surface area (Å²) in [5.41, 5.74) is 1.78. The van der Waals surface area contributed by atoms with Crippen LogP contribution in [-0.2, 0) is 0 Å². The maximum atomic E-state index is 12.1. The molecule has 0 saturated carbocycles. The van der Waals surface area contributed by atoms with E-state index in [9.17, 15) is 4.79 Å². The first-order chi connectivity index (χ1) is 10.2. The van der Waals surface area contributed by atoms with Crippen LogP contribution in [0.1, 0.15) is 10.4 Å². The summed E-state index contributed by atoms with van der Waals surface area (Å²) in [6.45, 7) is 0. The van der Waals surface area contributed by atoms with E-state index in [0.29, 0.717) is 16.3 Å². The average molecular weight is 300 g/mol. The van der Waals surface area contributed by atoms with E-state index >= 15 is 0 Å². The zero-order valence-electron chi connectivity index (χ0n) is 10.8. The summed E-state index contributed by atoms with van der Waals surface area (Å²) < 4.78 is 0. The number of hydrogen-bond acceptors (Lipinski definition) is 4. The number of nitrogens with one attached hydrogen (secondary N) is 1. The normalized spacial score (nSPS) is 10.3. The molecule has 21 heavy (non-hydrogen) atoms. The Morgan fingerprint density at radius 2 is 1.76 bits per heavy atom. The van der Waals surface area contributed by atoms with Gasteiger partial charge in [0.15, 0.2) is 0 Å². The van der Waals surface area contributed by atoms with Gasteiger partial charge in [-0.15, -0.1) is 0 Å². The van der Waals surface area contributed by atoms with Gasteiger partial charge in [-0.25, -0.2) is 0 Å². The first-order valence-electron chi connectivity index (χ1n) is 6.11. The third kappa shape index (κ3) is 2.90. The van der Waals surface area contributed by atoms with Crippen molar-refractivity contribution in [1.29, 1.82) is 0 Å². The molecule has 1 aromatic carbocycles. The standard InChI is InChI=1S/C14H10ClN5O/c15-13-5-6-16-9-12(13)14(21)19-10-1-3-11(4-2-10)20-17-7-8-18-20/h1-9H,(H,19,21). The summed E-state index contributed by atoms with van der Waals surface area (Å²) in [6.07, 6.45) is 6.16. The molecule has 3 aromatic rings. The maximum Gasteiger partial charge on any atom is 0.258 e. The fourth-order valence-corrected chi connectivity index (χ4v) is 1.96. The van der Waals surface area contributed by atoms with E-state index in [-0.39, 0.29) is 5.91 Å². The van der Waals surface area contributed by atoms with Crippen molar-refractivity contribution in [3.05, 3.63) is 65.7 Å². The van der Waals surface area contributed by atoms with E-state index < -0.39 is 0 Å². The molecule has 1 amide bonds. The predicted octanol–water partition coefficient (Wildman–Crippen LogP) is 2.57. The average Bonchev–Trinajstić information content (AvgIpc) is 3.02. The van der Waals surface area contributed by atoms with Crippen LogP contribution in [0.5, 0.6) is 0 Å². The highest BCUT2D eigenvalue weighted by molar-refractivity contribution is 6.34. The predicted molar refractivity (Wildman–Crippen MR) is 78.6 cm³/mol. The maximum absolute atomic E-state index is 12.1. The second-order valence-corrected chi connectivity index (χ2v) is 4.58. The lowest BCUT2D eigenvalue weighted by atomic mass is 10.2. The molecule has 2 heterocycles. The van der Waals surface area contributed by atoms with Crippen molar-refractivity contribution in [1.82, 2.24) is 20.0 Å². The van der Waals surface area contributed by atoms with Crippen molar-refractivity contribution in [2.75, 3.05) is 5.32 Å². The summed E-state index contributed by atoms with van der Waals surface area (Å²) in [5.74, 6) is -0.307. The number of amides is 1. The second kappa shape index (κ2) is 5.72. The van der Waals surface area contributed by atoms with Crippen LogP contribution in [-0.4, -0.2) is 25.9 Å². The number of halogens is 1. The summed E-state index contributed by atoms with van der Waals surface area (Å²) in [6, 6.07) is 8.71. The van der Waals surface area contributed by atoms with Crippen LogP contribution in [0.2, 0.25) is 5.02 Å². The number of rotatable bonds is 3. The molecular formula is C14H10ClN5O. The fraction of sp³-hybridized carbons (Fsp3) is 0. The van der Waals surface area contributed by atoms with E-state index in [4.69, 9.17) is 11.6 Å². The van der Waals surface area contributed by atoms with E-state index in [1.165, 1.54) is 17.2 Å². The number of carbonyl (C=O) groups is 1. The Morgan fingerprint density at radius 3 is 2.43 bits per heavy atom. The van der Waals surface area contributed by atoms with Gasteiger partial charge in [0, 0.05) is 18.1 Å². The van der Waals surface area contributed by atoms with Crippen LogP contribution >= 0.6 is 11.6 Å². The van der Waals surface area contributed by atoms with Gasteiger partial charge in [0.25, 0.3) is 5.91 Å². The van der Waals surface area contributed by atoms with Gasteiger partial charge in [0.1, 0.15) is 0 Å². The minimum atomic E-state index is -0.307. The minimum Gasteiger partial charge on any atom is -0.322 e. The molecule has 6 nitrogen and oxygen atoms in total. The highest BCUT2D eigenvalue weighted by Gasteiger charge is 2.10. The molecule has 0 saturated heterocycles. The van der Waals surface area contributed by atoms with Gasteiger partial charge in [-0.2, -0.15) is 15.0 Å². The molecule has 104 valence electrons. The van der Waals surface area contributed by atoms with Crippen molar-refractivity contribution in [2.24, 2.45) is 0 Å². The van der Waals surface area contributed by atoms with Gasteiger partial charge < -0.3 is 5.32 Å². The van der Waals surface area contributed by atoms with E-state index in [1.54, 1.807) is 42.7 Å². The lowest BCUT2D eigenvalue weighted by Crippen LogP contribution is -2.12. The zero-order chi connectivity index (χ0) is 14.7. The first-order valence-corrected chi connectivity index (χ1v) is 6.49. The number of nitrogens with zero attached hydrogens (tertiary/aromatic N) is 4. The Morgan fingerprint density at radius 1 is 1.05 bits per heavy atom. The SMILES string of the molecule is O=C(Nc1ccc(-n2nccn2)cc1)c1cnccc1Cl. The molecule has 0 unspecified atom stereocenters. The summed E-state index contributed by atoms with van der Waals surface area (Å²) >= 11 is 5.96. The minimum absolute atomic E-state index is 0.307. The molecule has 3 rings (SSSR count). The highest BCUT2D eigenvalue weighted by Crippen LogP contribution is 2.17. The Balaban J connectivity index is 1.77. The van der Waals surface area contributed by atoms with E-state index in [2.05, 4.69) is 20.5 Å². The Hall–Kier alpha value is -2.73. The van der Waals surface area contributed by atoms with Crippen molar-refractivity contribution in [3.8, 4) is 5.69 Å². The van der Waals surface area contributed by atoms with Gasteiger partial charge in [-0.1, -0.05) is 11.6 Å². The number of aromatic nitrogens is 4. The number of hydrogen-bond donors (Lipinski definition) is 1. The number of carbonyl (C=O) groups excluding carboxylic acids is 1. The monoisotopic (exact) mass is 299 g/mol. The van der Waals surface area contributed by atoms with Gasteiger partial charge in [0.2, 0.25) is 0 Å². The molecule has 7 heteroatoms. The molecule has 2 aromatic heterocycles. The molecule has 0 aliphatic heterocycles. The van der Waals surface area contributed by atoms with Crippen molar-refractivity contribution in [2.45, 2.75) is 0 Å². The molecule has 0 fully saturated rings. The van der Waals surface area contributed by atoms with Crippen LogP contribution in [0.15, 0.2) is 55.1 Å². The lowest BCUT2D eigenvalue weighted by Gasteiger charge is -2.07. The molecule has 0 atom stereocenters. The molecule has 0 radical (unpaired) electrons. The zero-order valence-corrected chi connectivity index (χ0v) is 11.5. The summed E-state index contributed by atoms with van der Waals surface area (Å²) in [5, 5.41) is 11.2. The Bertz CT molecular complexity index is 755. The molecular weight excluding hydrogens is 290 g/mol. The lowest BCUT2D eigenvalue weighted by molar-refractivity contribution is 0.102. The van der Waals surface area contributed by atoms with Crippen LogP contribution in [0.25, 0.3) is 5.69 Å². The largest absolute Gasteiger partial charge is 0.322 e. The van der Waals surface area contributed by atoms with Crippen LogP contribution in [0.3, 0.4) is 0 Å². The number of anilines is 1. The fourth-order valence-electron chi connectivity index (χ4n) is 1.77. The molecule has 0 spiro atoms.